The molecule has 2 aromatic heterocycles. The first-order valence-electron chi connectivity index (χ1n) is 10.3. The van der Waals surface area contributed by atoms with Gasteiger partial charge in [-0.15, -0.1) is 0 Å². The van der Waals surface area contributed by atoms with Gasteiger partial charge >= 0.3 is 0 Å². The monoisotopic (exact) mass is 390 g/mol. The second kappa shape index (κ2) is 7.97. The number of carbonyl (C=O) groups excluding carboxylic acids is 1. The van der Waals surface area contributed by atoms with Crippen molar-refractivity contribution in [2.24, 2.45) is 5.92 Å². The van der Waals surface area contributed by atoms with E-state index < -0.39 is 0 Å². The van der Waals surface area contributed by atoms with Crippen LogP contribution < -0.4 is 0 Å². The van der Waals surface area contributed by atoms with Crippen LogP contribution in [0.1, 0.15) is 22.3 Å². The third kappa shape index (κ3) is 3.78. The van der Waals surface area contributed by atoms with E-state index in [0.29, 0.717) is 12.0 Å². The van der Waals surface area contributed by atoms with Gasteiger partial charge in [0.15, 0.2) is 0 Å². The highest BCUT2D eigenvalue weighted by molar-refractivity contribution is 5.98. The Kier molecular flexibility index (Phi) is 5.04. The number of amides is 1. The van der Waals surface area contributed by atoms with Crippen LogP contribution >= 0.6 is 0 Å². The second-order valence-electron chi connectivity index (χ2n) is 8.05. The molecule has 0 aliphatic carbocycles. The number of rotatable bonds is 3. The molecule has 150 valence electrons. The summed E-state index contributed by atoms with van der Waals surface area (Å²) in [6, 6.07) is 12.4. The van der Waals surface area contributed by atoms with Crippen molar-refractivity contribution >= 4 is 16.8 Å². The minimum Gasteiger partial charge on any atom is -0.380 e. The van der Waals surface area contributed by atoms with Gasteiger partial charge in [-0.05, 0) is 48.4 Å². The van der Waals surface area contributed by atoms with Crippen LogP contribution in [0.15, 0.2) is 55.0 Å². The molecule has 2 aliphatic rings. The fraction of sp³-hybridized carbons (Fsp3) is 0.391. The first-order valence-corrected chi connectivity index (χ1v) is 10.3. The standard InChI is InChI=1S/C23H26N4O2/c28-23(19-1-2-21-18(13-19)5-9-25-21)27-10-6-20-16-29-12-11-26(22(20)15-27)14-17-3-7-24-8-4-17/h1-5,7-9,13,20,22,25H,6,10-12,14-16H2/t20-,22-/m1/s1. The highest BCUT2D eigenvalue weighted by Gasteiger charge is 2.37. The number of hydrogen-bond donors (Lipinski definition) is 1. The molecule has 29 heavy (non-hydrogen) atoms. The van der Waals surface area contributed by atoms with Crippen molar-refractivity contribution in [1.82, 2.24) is 19.8 Å². The number of nitrogens with zero attached hydrogens (tertiary/aromatic N) is 3. The van der Waals surface area contributed by atoms with Crippen LogP contribution in [0.2, 0.25) is 0 Å². The van der Waals surface area contributed by atoms with Crippen molar-refractivity contribution in [3.8, 4) is 0 Å². The van der Waals surface area contributed by atoms with Gasteiger partial charge < -0.3 is 14.6 Å². The maximum absolute atomic E-state index is 13.2. The lowest BCUT2D eigenvalue weighted by molar-refractivity contribution is 0.0371. The van der Waals surface area contributed by atoms with Gasteiger partial charge in [0.25, 0.3) is 5.91 Å². The lowest BCUT2D eigenvalue weighted by Crippen LogP contribution is -2.54. The lowest BCUT2D eigenvalue weighted by atomic mass is 9.90. The Bertz CT molecular complexity index is 987. The van der Waals surface area contributed by atoms with Crippen LogP contribution in [-0.4, -0.2) is 64.6 Å². The molecule has 2 atom stereocenters. The molecule has 4 heterocycles. The van der Waals surface area contributed by atoms with Crippen LogP contribution in [0, 0.1) is 5.92 Å². The number of H-pyrrole nitrogens is 1. The molecule has 1 amide bonds. The minimum atomic E-state index is 0.126. The summed E-state index contributed by atoms with van der Waals surface area (Å²) in [5.74, 6) is 0.594. The van der Waals surface area contributed by atoms with E-state index >= 15 is 0 Å². The third-order valence-electron chi connectivity index (χ3n) is 6.27. The van der Waals surface area contributed by atoms with Crippen molar-refractivity contribution in [3.63, 3.8) is 0 Å². The van der Waals surface area contributed by atoms with E-state index in [0.717, 1.165) is 62.3 Å². The molecule has 2 saturated heterocycles. The molecule has 1 N–H and O–H groups in total. The van der Waals surface area contributed by atoms with E-state index in [4.69, 9.17) is 4.74 Å². The van der Waals surface area contributed by atoms with Crippen LogP contribution in [0.5, 0.6) is 0 Å². The number of carbonyl (C=O) groups is 1. The Morgan fingerprint density at radius 1 is 1.17 bits per heavy atom. The molecule has 2 fully saturated rings. The fourth-order valence-electron chi connectivity index (χ4n) is 4.64. The van der Waals surface area contributed by atoms with Gasteiger partial charge in [-0.25, -0.2) is 0 Å². The number of hydrogen-bond acceptors (Lipinski definition) is 4. The topological polar surface area (TPSA) is 61.5 Å². The zero-order valence-corrected chi connectivity index (χ0v) is 16.5. The van der Waals surface area contributed by atoms with Gasteiger partial charge in [0.2, 0.25) is 0 Å². The Morgan fingerprint density at radius 2 is 2.07 bits per heavy atom. The van der Waals surface area contributed by atoms with Crippen LogP contribution in [-0.2, 0) is 11.3 Å². The molecule has 6 nitrogen and oxygen atoms in total. The second-order valence-corrected chi connectivity index (χ2v) is 8.05. The number of likely N-dealkylation sites (tertiary alicyclic amines) is 1. The summed E-state index contributed by atoms with van der Waals surface area (Å²) >= 11 is 0. The highest BCUT2D eigenvalue weighted by Crippen LogP contribution is 2.28. The van der Waals surface area contributed by atoms with E-state index in [1.54, 1.807) is 0 Å². The quantitative estimate of drug-likeness (QED) is 0.747. The molecule has 0 bridgehead atoms. The van der Waals surface area contributed by atoms with E-state index in [-0.39, 0.29) is 5.91 Å². The largest absolute Gasteiger partial charge is 0.380 e. The molecule has 0 spiro atoms. The molecule has 6 heteroatoms. The van der Waals surface area contributed by atoms with Crippen LogP contribution in [0.3, 0.4) is 0 Å². The zero-order valence-electron chi connectivity index (χ0n) is 16.5. The average molecular weight is 390 g/mol. The number of benzene rings is 1. The van der Waals surface area contributed by atoms with Crippen molar-refractivity contribution in [2.45, 2.75) is 19.0 Å². The van der Waals surface area contributed by atoms with E-state index in [2.05, 4.69) is 27.0 Å². The molecule has 0 unspecified atom stereocenters. The number of pyridine rings is 1. The number of aromatic amines is 1. The van der Waals surface area contributed by atoms with Crippen molar-refractivity contribution in [1.29, 1.82) is 0 Å². The third-order valence-corrected chi connectivity index (χ3v) is 6.27. The Balaban J connectivity index is 1.35. The molecule has 1 aromatic carbocycles. The number of aromatic nitrogens is 2. The fourth-order valence-corrected chi connectivity index (χ4v) is 4.64. The highest BCUT2D eigenvalue weighted by atomic mass is 16.5. The van der Waals surface area contributed by atoms with Gasteiger partial charge in [-0.1, -0.05) is 0 Å². The SMILES string of the molecule is O=C(c1ccc2[nH]ccc2c1)N1CC[C@@H]2COCCN(Cc3ccncc3)[C@@H]2C1. The molecule has 5 rings (SSSR count). The summed E-state index contributed by atoms with van der Waals surface area (Å²) in [6.45, 7) is 4.83. The summed E-state index contributed by atoms with van der Waals surface area (Å²) in [7, 11) is 0. The summed E-state index contributed by atoms with van der Waals surface area (Å²) in [6.07, 6.45) is 6.58. The first-order chi connectivity index (χ1) is 14.3. The molecule has 2 aliphatic heterocycles. The summed E-state index contributed by atoms with van der Waals surface area (Å²) in [5.41, 5.74) is 3.08. The van der Waals surface area contributed by atoms with Crippen molar-refractivity contribution in [2.75, 3.05) is 32.8 Å². The Labute approximate surface area is 170 Å². The number of ether oxygens (including phenoxy) is 1. The predicted octanol–water partition coefficient (Wildman–Crippen LogP) is 2.93. The Morgan fingerprint density at radius 3 is 2.97 bits per heavy atom. The molecule has 0 saturated carbocycles. The number of nitrogens with one attached hydrogen (secondary N) is 1. The molecule has 0 radical (unpaired) electrons. The minimum absolute atomic E-state index is 0.126. The number of fused-ring (bicyclic) bond motifs is 2. The molecular weight excluding hydrogens is 364 g/mol. The van der Waals surface area contributed by atoms with Crippen molar-refractivity contribution in [3.05, 3.63) is 66.1 Å². The van der Waals surface area contributed by atoms with E-state index in [1.807, 2.05) is 47.8 Å². The molecular formula is C23H26N4O2. The van der Waals surface area contributed by atoms with Gasteiger partial charge in [0, 0.05) is 73.2 Å². The number of piperidine rings is 1. The van der Waals surface area contributed by atoms with E-state index in [9.17, 15) is 4.79 Å². The lowest BCUT2D eigenvalue weighted by Gasteiger charge is -2.42. The molecule has 3 aromatic rings. The van der Waals surface area contributed by atoms with Gasteiger partial charge in [-0.3, -0.25) is 14.7 Å². The van der Waals surface area contributed by atoms with Crippen LogP contribution in [0.25, 0.3) is 10.9 Å². The average Bonchev–Trinajstić information content (AvgIpc) is 3.15. The predicted molar refractivity (Wildman–Crippen MR) is 112 cm³/mol. The van der Waals surface area contributed by atoms with Gasteiger partial charge in [-0.2, -0.15) is 0 Å². The summed E-state index contributed by atoms with van der Waals surface area (Å²) in [4.78, 5) is 25.1. The van der Waals surface area contributed by atoms with Crippen LogP contribution in [0.4, 0.5) is 0 Å². The van der Waals surface area contributed by atoms with Gasteiger partial charge in [0.1, 0.15) is 0 Å². The Hall–Kier alpha value is -2.70. The van der Waals surface area contributed by atoms with E-state index in [1.165, 1.54) is 5.56 Å². The summed E-state index contributed by atoms with van der Waals surface area (Å²) < 4.78 is 5.89. The summed E-state index contributed by atoms with van der Waals surface area (Å²) in [5, 5.41) is 1.08. The maximum atomic E-state index is 13.2. The normalized spacial score (nSPS) is 23.0. The van der Waals surface area contributed by atoms with Gasteiger partial charge in [0.05, 0.1) is 13.2 Å². The first kappa shape index (κ1) is 18.3. The zero-order chi connectivity index (χ0) is 19.6. The van der Waals surface area contributed by atoms with Crippen molar-refractivity contribution < 1.29 is 9.53 Å². The maximum Gasteiger partial charge on any atom is 0.253 e. The smallest absolute Gasteiger partial charge is 0.253 e.